The Bertz CT molecular complexity index is 1270. The number of carbonyl (C=O) groups is 2. The molecule has 3 N–H and O–H groups in total. The SMILES string of the molecule is CC(C)C(=O)Nc1cccc(NC(=O)c2cnc3c(c2)c(=O)[nH]c(=O)n3C2CC2)c1. The molecule has 3 aromatic rings. The van der Waals surface area contributed by atoms with E-state index >= 15 is 0 Å². The van der Waals surface area contributed by atoms with Gasteiger partial charge in [-0.05, 0) is 37.1 Å². The molecule has 0 radical (unpaired) electrons. The van der Waals surface area contributed by atoms with Crippen molar-refractivity contribution in [3.05, 3.63) is 62.9 Å². The number of pyridine rings is 1. The number of anilines is 2. The van der Waals surface area contributed by atoms with Crippen LogP contribution < -0.4 is 21.9 Å². The molecule has 0 atom stereocenters. The molecule has 1 aromatic carbocycles. The lowest BCUT2D eigenvalue weighted by Crippen LogP contribution is -2.30. The van der Waals surface area contributed by atoms with Crippen LogP contribution in [0.25, 0.3) is 11.0 Å². The number of nitrogens with one attached hydrogen (secondary N) is 3. The van der Waals surface area contributed by atoms with E-state index in [0.29, 0.717) is 11.4 Å². The topological polar surface area (TPSA) is 126 Å². The Morgan fingerprint density at radius 1 is 1.13 bits per heavy atom. The van der Waals surface area contributed by atoms with E-state index in [0.717, 1.165) is 12.8 Å². The van der Waals surface area contributed by atoms with Gasteiger partial charge in [0.25, 0.3) is 11.5 Å². The van der Waals surface area contributed by atoms with Crippen LogP contribution >= 0.6 is 0 Å². The maximum absolute atomic E-state index is 12.7. The number of carbonyl (C=O) groups excluding carboxylic acids is 2. The quantitative estimate of drug-likeness (QED) is 0.598. The van der Waals surface area contributed by atoms with Crippen LogP contribution in [0.5, 0.6) is 0 Å². The second-order valence-electron chi connectivity index (χ2n) is 7.63. The summed E-state index contributed by atoms with van der Waals surface area (Å²) in [6.45, 7) is 3.58. The number of aromatic nitrogens is 3. The monoisotopic (exact) mass is 407 g/mol. The van der Waals surface area contributed by atoms with Crippen LogP contribution in [0, 0.1) is 5.92 Å². The fourth-order valence-corrected chi connectivity index (χ4v) is 3.10. The van der Waals surface area contributed by atoms with Crippen LogP contribution in [0.15, 0.2) is 46.1 Å². The van der Waals surface area contributed by atoms with E-state index in [1.54, 1.807) is 38.1 Å². The van der Waals surface area contributed by atoms with Crippen molar-refractivity contribution in [1.82, 2.24) is 14.5 Å². The average molecular weight is 407 g/mol. The van der Waals surface area contributed by atoms with Crippen LogP contribution in [0.3, 0.4) is 0 Å². The van der Waals surface area contributed by atoms with Crippen LogP contribution in [0.1, 0.15) is 43.1 Å². The zero-order valence-corrected chi connectivity index (χ0v) is 16.6. The third-order valence-electron chi connectivity index (χ3n) is 4.87. The number of rotatable bonds is 5. The predicted octanol–water partition coefficient (Wildman–Crippen LogP) is 2.27. The Balaban J connectivity index is 1.61. The van der Waals surface area contributed by atoms with Crippen LogP contribution in [0.4, 0.5) is 11.4 Å². The summed E-state index contributed by atoms with van der Waals surface area (Å²) in [6, 6.07) is 8.24. The molecule has 0 saturated heterocycles. The van der Waals surface area contributed by atoms with Gasteiger partial charge in [-0.25, -0.2) is 9.78 Å². The van der Waals surface area contributed by atoms with Gasteiger partial charge < -0.3 is 10.6 Å². The molecule has 1 fully saturated rings. The molecule has 4 rings (SSSR count). The summed E-state index contributed by atoms with van der Waals surface area (Å²) in [7, 11) is 0. The summed E-state index contributed by atoms with van der Waals surface area (Å²) in [6.07, 6.45) is 3.06. The van der Waals surface area contributed by atoms with E-state index in [1.165, 1.54) is 16.8 Å². The molecule has 0 bridgehead atoms. The lowest BCUT2D eigenvalue weighted by Gasteiger charge is -2.11. The Labute approximate surface area is 171 Å². The van der Waals surface area contributed by atoms with E-state index < -0.39 is 17.2 Å². The molecule has 30 heavy (non-hydrogen) atoms. The highest BCUT2D eigenvalue weighted by Gasteiger charge is 2.27. The Morgan fingerprint density at radius 3 is 2.50 bits per heavy atom. The van der Waals surface area contributed by atoms with Crippen LogP contribution in [0.2, 0.25) is 0 Å². The maximum Gasteiger partial charge on any atom is 0.330 e. The van der Waals surface area contributed by atoms with Gasteiger partial charge in [0.05, 0.1) is 10.9 Å². The van der Waals surface area contributed by atoms with Crippen LogP contribution in [-0.2, 0) is 4.79 Å². The van der Waals surface area contributed by atoms with Gasteiger partial charge in [0.15, 0.2) is 0 Å². The average Bonchev–Trinajstić information content (AvgIpc) is 3.53. The number of hydrogen-bond acceptors (Lipinski definition) is 5. The van der Waals surface area contributed by atoms with Crippen molar-refractivity contribution in [2.45, 2.75) is 32.7 Å². The van der Waals surface area contributed by atoms with Crippen molar-refractivity contribution in [1.29, 1.82) is 0 Å². The lowest BCUT2D eigenvalue weighted by molar-refractivity contribution is -0.118. The molecular weight excluding hydrogens is 386 g/mol. The highest BCUT2D eigenvalue weighted by atomic mass is 16.2. The zero-order chi connectivity index (χ0) is 21.4. The van der Waals surface area contributed by atoms with E-state index in [4.69, 9.17) is 0 Å². The summed E-state index contributed by atoms with van der Waals surface area (Å²) in [4.78, 5) is 55.4. The Hall–Kier alpha value is -3.75. The summed E-state index contributed by atoms with van der Waals surface area (Å²) in [5.41, 5.74) is 0.450. The van der Waals surface area contributed by atoms with Gasteiger partial charge >= 0.3 is 5.69 Å². The summed E-state index contributed by atoms with van der Waals surface area (Å²) < 4.78 is 1.47. The van der Waals surface area contributed by atoms with E-state index in [1.807, 2.05) is 0 Å². The summed E-state index contributed by atoms with van der Waals surface area (Å²) in [5, 5.41) is 5.70. The largest absolute Gasteiger partial charge is 0.330 e. The Morgan fingerprint density at radius 2 is 1.83 bits per heavy atom. The fourth-order valence-electron chi connectivity index (χ4n) is 3.10. The second-order valence-corrected chi connectivity index (χ2v) is 7.63. The molecule has 154 valence electrons. The summed E-state index contributed by atoms with van der Waals surface area (Å²) >= 11 is 0. The van der Waals surface area contributed by atoms with Crippen molar-refractivity contribution >= 4 is 34.2 Å². The number of H-pyrrole nitrogens is 1. The van der Waals surface area contributed by atoms with E-state index in [-0.39, 0.29) is 34.5 Å². The first-order chi connectivity index (χ1) is 14.3. The smallest absolute Gasteiger partial charge is 0.326 e. The van der Waals surface area contributed by atoms with Crippen molar-refractivity contribution in [2.24, 2.45) is 5.92 Å². The van der Waals surface area contributed by atoms with Crippen molar-refractivity contribution in [2.75, 3.05) is 10.6 Å². The molecule has 9 heteroatoms. The fraction of sp³-hybridized carbons (Fsp3) is 0.286. The minimum absolute atomic E-state index is 0.0350. The van der Waals surface area contributed by atoms with Gasteiger partial charge in [-0.15, -0.1) is 0 Å². The number of amides is 2. The zero-order valence-electron chi connectivity index (χ0n) is 16.6. The van der Waals surface area contributed by atoms with Crippen molar-refractivity contribution in [3.8, 4) is 0 Å². The first kappa shape index (κ1) is 19.6. The van der Waals surface area contributed by atoms with Gasteiger partial charge in [-0.3, -0.25) is 23.9 Å². The van der Waals surface area contributed by atoms with Gasteiger partial charge in [0.1, 0.15) is 5.65 Å². The molecule has 2 heterocycles. The highest BCUT2D eigenvalue weighted by molar-refractivity contribution is 6.06. The van der Waals surface area contributed by atoms with E-state index in [2.05, 4.69) is 20.6 Å². The molecule has 9 nitrogen and oxygen atoms in total. The molecule has 1 saturated carbocycles. The predicted molar refractivity (Wildman–Crippen MR) is 113 cm³/mol. The van der Waals surface area contributed by atoms with Crippen molar-refractivity contribution in [3.63, 3.8) is 0 Å². The van der Waals surface area contributed by atoms with Crippen LogP contribution in [-0.4, -0.2) is 26.3 Å². The minimum atomic E-state index is -0.576. The Kier molecular flexibility index (Phi) is 4.94. The number of benzene rings is 1. The molecule has 1 aliphatic rings. The second kappa shape index (κ2) is 7.58. The normalized spacial score (nSPS) is 13.4. The number of aromatic amines is 1. The van der Waals surface area contributed by atoms with Crippen molar-refractivity contribution < 1.29 is 9.59 Å². The standard InChI is InChI=1S/C21H21N5O4/c1-11(2)18(27)23-13-4-3-5-14(9-13)24-19(28)12-8-16-17(22-10-12)26(15-6-7-15)21(30)25-20(16)29/h3-5,8-11,15H,6-7H2,1-2H3,(H,23,27)(H,24,28)(H,25,29,30). The number of nitrogens with zero attached hydrogens (tertiary/aromatic N) is 2. The molecule has 2 aromatic heterocycles. The molecule has 1 aliphatic carbocycles. The first-order valence-corrected chi connectivity index (χ1v) is 9.70. The van der Waals surface area contributed by atoms with Gasteiger partial charge in [-0.1, -0.05) is 19.9 Å². The molecule has 0 unspecified atom stereocenters. The van der Waals surface area contributed by atoms with Gasteiger partial charge in [0, 0.05) is 29.5 Å². The third kappa shape index (κ3) is 3.86. The number of hydrogen-bond donors (Lipinski definition) is 3. The maximum atomic E-state index is 12.7. The molecule has 0 spiro atoms. The first-order valence-electron chi connectivity index (χ1n) is 9.70. The lowest BCUT2D eigenvalue weighted by atomic mass is 10.2. The molecular formula is C21H21N5O4. The summed E-state index contributed by atoms with van der Waals surface area (Å²) in [5.74, 6) is -0.753. The molecule has 0 aliphatic heterocycles. The molecule has 2 amide bonds. The van der Waals surface area contributed by atoms with Gasteiger partial charge in [-0.2, -0.15) is 0 Å². The van der Waals surface area contributed by atoms with E-state index in [9.17, 15) is 19.2 Å². The third-order valence-corrected chi connectivity index (χ3v) is 4.87. The number of fused-ring (bicyclic) bond motifs is 1. The van der Waals surface area contributed by atoms with Gasteiger partial charge in [0.2, 0.25) is 5.91 Å². The minimum Gasteiger partial charge on any atom is -0.326 e. The highest BCUT2D eigenvalue weighted by Crippen LogP contribution is 2.34.